The molecule has 0 saturated heterocycles. The van der Waals surface area contributed by atoms with Gasteiger partial charge < -0.3 is 26.6 Å². The molecule has 8 nitrogen and oxygen atoms in total. The summed E-state index contributed by atoms with van der Waals surface area (Å²) in [6.07, 6.45) is 0.230. The van der Waals surface area contributed by atoms with Crippen molar-refractivity contribution >= 4 is 29.9 Å². The van der Waals surface area contributed by atoms with Gasteiger partial charge in [-0.1, -0.05) is 24.3 Å². The lowest BCUT2D eigenvalue weighted by molar-refractivity contribution is -0.139. The maximum Gasteiger partial charge on any atom is 0.320 e. The molecular weight excluding hydrogens is 371 g/mol. The second-order valence-electron chi connectivity index (χ2n) is 6.21. The summed E-state index contributed by atoms with van der Waals surface area (Å²) in [5.41, 5.74) is 12.3. The average molecular weight is 392 g/mol. The van der Waals surface area contributed by atoms with Crippen LogP contribution in [0.2, 0.25) is 0 Å². The van der Waals surface area contributed by atoms with E-state index in [2.05, 4.69) is 0 Å². The third kappa shape index (κ3) is 5.24. The number of aliphatic carboxylic acids is 2. The van der Waals surface area contributed by atoms with E-state index < -0.39 is 31.4 Å². The Morgan fingerprint density at radius 3 is 1.33 bits per heavy atom. The van der Waals surface area contributed by atoms with Crippen molar-refractivity contribution in [1.29, 1.82) is 0 Å². The fraction of sp³-hybridized carbons (Fsp3) is 0.222. The highest BCUT2D eigenvalue weighted by Gasteiger charge is 2.24. The molecule has 144 valence electrons. The molecule has 0 bridgehead atoms. The van der Waals surface area contributed by atoms with Crippen LogP contribution in [-0.4, -0.2) is 39.1 Å². The van der Waals surface area contributed by atoms with Crippen LogP contribution in [0.1, 0.15) is 11.1 Å². The molecule has 0 saturated carbocycles. The summed E-state index contributed by atoms with van der Waals surface area (Å²) in [4.78, 5) is 32.1. The molecule has 0 aliphatic carbocycles. The molecule has 27 heavy (non-hydrogen) atoms. The highest BCUT2D eigenvalue weighted by atomic mass is 31.2. The van der Waals surface area contributed by atoms with Gasteiger partial charge in [0.15, 0.2) is 0 Å². The first-order chi connectivity index (χ1) is 12.6. The van der Waals surface area contributed by atoms with Crippen molar-refractivity contribution < 1.29 is 29.3 Å². The van der Waals surface area contributed by atoms with Crippen LogP contribution in [-0.2, 0) is 27.0 Å². The first-order valence-electron chi connectivity index (χ1n) is 8.10. The second-order valence-corrected chi connectivity index (χ2v) is 8.39. The van der Waals surface area contributed by atoms with Crippen LogP contribution in [0.25, 0.3) is 0 Å². The van der Waals surface area contributed by atoms with Gasteiger partial charge in [-0.05, 0) is 48.2 Å². The summed E-state index contributed by atoms with van der Waals surface area (Å²) in [5, 5.41) is 18.1. The lowest BCUT2D eigenvalue weighted by Gasteiger charge is -2.14. The number of nitrogens with two attached hydrogens (primary N) is 2. The number of carboxylic acid groups (broad SMARTS) is 2. The molecule has 0 unspecified atom stereocenters. The molecule has 0 amide bonds. The summed E-state index contributed by atoms with van der Waals surface area (Å²) in [7, 11) is -3.84. The molecule has 2 aromatic rings. The number of hydrogen-bond donors (Lipinski definition) is 5. The van der Waals surface area contributed by atoms with Crippen molar-refractivity contribution in [3.8, 4) is 0 Å². The summed E-state index contributed by atoms with van der Waals surface area (Å²) < 4.78 is 12.8. The van der Waals surface area contributed by atoms with Crippen molar-refractivity contribution in [3.05, 3.63) is 59.7 Å². The summed E-state index contributed by atoms with van der Waals surface area (Å²) in [6.45, 7) is 0. The van der Waals surface area contributed by atoms with E-state index >= 15 is 0 Å². The zero-order chi connectivity index (χ0) is 20.2. The Morgan fingerprint density at radius 1 is 0.778 bits per heavy atom. The van der Waals surface area contributed by atoms with Crippen molar-refractivity contribution in [2.75, 3.05) is 0 Å². The average Bonchev–Trinajstić information content (AvgIpc) is 2.62. The van der Waals surface area contributed by atoms with Gasteiger partial charge in [0.05, 0.1) is 0 Å². The Bertz CT molecular complexity index is 797. The van der Waals surface area contributed by atoms with Gasteiger partial charge in [-0.2, -0.15) is 0 Å². The van der Waals surface area contributed by atoms with E-state index in [1.165, 1.54) is 24.3 Å². The molecule has 9 heteroatoms. The van der Waals surface area contributed by atoms with E-state index in [4.69, 9.17) is 21.7 Å². The molecule has 0 aromatic heterocycles. The summed E-state index contributed by atoms with van der Waals surface area (Å²) >= 11 is 0. The van der Waals surface area contributed by atoms with Crippen LogP contribution >= 0.6 is 7.37 Å². The number of carbonyl (C=O) groups is 2. The Hall–Kier alpha value is -2.51. The van der Waals surface area contributed by atoms with E-state index in [1.807, 2.05) is 0 Å². The lowest BCUT2D eigenvalue weighted by Crippen LogP contribution is -2.32. The standard InChI is InChI=1S/C18H21N2O6P/c19-15(17(21)22)9-11-1-5-13(6-2-11)27(25,26)14-7-3-12(4-8-14)10-16(20)18(23)24/h1-8,15-16H,9-10,19-20H2,(H,21,22)(H,23,24)(H,25,26)/t15-,16-/m0/s1. The minimum Gasteiger partial charge on any atom is -0.480 e. The number of carboxylic acids is 2. The maximum absolute atomic E-state index is 12.8. The minimum atomic E-state index is -3.84. The van der Waals surface area contributed by atoms with Gasteiger partial charge in [-0.25, -0.2) is 0 Å². The Kier molecular flexibility index (Phi) is 6.51. The van der Waals surface area contributed by atoms with Crippen LogP contribution in [0, 0.1) is 0 Å². The fourth-order valence-electron chi connectivity index (χ4n) is 2.50. The third-order valence-electron chi connectivity index (χ3n) is 4.12. The first-order valence-corrected chi connectivity index (χ1v) is 9.76. The lowest BCUT2D eigenvalue weighted by atomic mass is 10.1. The maximum atomic E-state index is 12.8. The molecule has 0 aliphatic heterocycles. The molecule has 2 aromatic carbocycles. The largest absolute Gasteiger partial charge is 0.480 e. The van der Waals surface area contributed by atoms with Gasteiger partial charge in [-0.3, -0.25) is 14.2 Å². The van der Waals surface area contributed by atoms with Crippen LogP contribution in [0.3, 0.4) is 0 Å². The highest BCUT2D eigenvalue weighted by molar-refractivity contribution is 7.73. The number of hydrogen-bond acceptors (Lipinski definition) is 5. The monoisotopic (exact) mass is 392 g/mol. The van der Waals surface area contributed by atoms with Gasteiger partial charge in [0, 0.05) is 10.6 Å². The summed E-state index contributed by atoms with van der Waals surface area (Å²) in [6, 6.07) is 10.1. The van der Waals surface area contributed by atoms with Gasteiger partial charge in [-0.15, -0.1) is 0 Å². The normalized spacial score (nSPS) is 13.7. The molecule has 0 aliphatic rings. The Balaban J connectivity index is 2.16. The molecule has 0 heterocycles. The summed E-state index contributed by atoms with van der Waals surface area (Å²) in [5.74, 6) is -2.23. The van der Waals surface area contributed by atoms with Gasteiger partial charge in [0.25, 0.3) is 7.37 Å². The predicted octanol–water partition coefficient (Wildman–Crippen LogP) is -0.183. The van der Waals surface area contributed by atoms with Gasteiger partial charge in [0.2, 0.25) is 0 Å². The third-order valence-corrected chi connectivity index (χ3v) is 6.11. The van der Waals surface area contributed by atoms with Crippen LogP contribution < -0.4 is 22.1 Å². The van der Waals surface area contributed by atoms with E-state index in [9.17, 15) is 19.0 Å². The zero-order valence-electron chi connectivity index (χ0n) is 14.4. The number of benzene rings is 2. The van der Waals surface area contributed by atoms with E-state index in [0.717, 1.165) is 0 Å². The predicted molar refractivity (Wildman–Crippen MR) is 101 cm³/mol. The minimum absolute atomic E-state index is 0.115. The first kappa shape index (κ1) is 20.8. The highest BCUT2D eigenvalue weighted by Crippen LogP contribution is 2.38. The molecule has 0 radical (unpaired) electrons. The Labute approximate surface area is 155 Å². The van der Waals surface area contributed by atoms with E-state index in [-0.39, 0.29) is 23.5 Å². The van der Waals surface area contributed by atoms with Crippen LogP contribution in [0.4, 0.5) is 0 Å². The second kappa shape index (κ2) is 8.45. The van der Waals surface area contributed by atoms with Crippen LogP contribution in [0.15, 0.2) is 48.5 Å². The molecule has 2 rings (SSSR count). The molecular formula is C18H21N2O6P. The molecule has 0 fully saturated rings. The molecule has 0 spiro atoms. The van der Waals surface area contributed by atoms with Crippen molar-refractivity contribution in [2.45, 2.75) is 24.9 Å². The molecule has 7 N–H and O–H groups in total. The topological polar surface area (TPSA) is 164 Å². The smallest absolute Gasteiger partial charge is 0.320 e. The Morgan fingerprint density at radius 2 is 1.07 bits per heavy atom. The molecule has 2 atom stereocenters. The van der Waals surface area contributed by atoms with Gasteiger partial charge >= 0.3 is 11.9 Å². The van der Waals surface area contributed by atoms with E-state index in [0.29, 0.717) is 11.1 Å². The fourth-order valence-corrected chi connectivity index (χ4v) is 3.90. The van der Waals surface area contributed by atoms with Gasteiger partial charge in [0.1, 0.15) is 12.1 Å². The van der Waals surface area contributed by atoms with Crippen molar-refractivity contribution in [3.63, 3.8) is 0 Å². The number of rotatable bonds is 8. The SMILES string of the molecule is N[C@@H](Cc1ccc(P(=O)(O)c2ccc(C[C@H](N)C(=O)O)cc2)cc1)C(=O)O. The van der Waals surface area contributed by atoms with E-state index in [1.54, 1.807) is 24.3 Å². The zero-order valence-corrected chi connectivity index (χ0v) is 15.3. The quantitative estimate of drug-likeness (QED) is 0.386. The van der Waals surface area contributed by atoms with Crippen molar-refractivity contribution in [2.24, 2.45) is 11.5 Å². The van der Waals surface area contributed by atoms with Crippen LogP contribution in [0.5, 0.6) is 0 Å². The van der Waals surface area contributed by atoms with Crippen molar-refractivity contribution in [1.82, 2.24) is 0 Å².